The van der Waals surface area contributed by atoms with Gasteiger partial charge < -0.3 is 11.1 Å². The molecule has 120 valence electrons. The van der Waals surface area contributed by atoms with E-state index in [1.165, 1.54) is 45.4 Å². The van der Waals surface area contributed by atoms with Gasteiger partial charge in [0, 0.05) is 25.2 Å². The van der Waals surface area contributed by atoms with E-state index in [0.29, 0.717) is 6.04 Å². The van der Waals surface area contributed by atoms with Crippen molar-refractivity contribution in [2.75, 3.05) is 32.7 Å². The lowest BCUT2D eigenvalue weighted by Gasteiger charge is -2.30. The van der Waals surface area contributed by atoms with Crippen molar-refractivity contribution in [1.29, 1.82) is 0 Å². The maximum atomic E-state index is 11.9. The zero-order valence-corrected chi connectivity index (χ0v) is 13.3. The number of amides is 1. The van der Waals surface area contributed by atoms with Gasteiger partial charge in [0.15, 0.2) is 0 Å². The molecule has 0 aromatic heterocycles. The van der Waals surface area contributed by atoms with Gasteiger partial charge in [0.1, 0.15) is 0 Å². The zero-order valence-electron chi connectivity index (χ0n) is 13.3. The smallest absolute Gasteiger partial charge is 0.237 e. The Hall–Kier alpha value is -0.650. The molecule has 3 unspecified atom stereocenters. The zero-order chi connectivity index (χ0) is 14.9. The summed E-state index contributed by atoms with van der Waals surface area (Å²) in [5.41, 5.74) is 5.23. The Morgan fingerprint density at radius 2 is 1.95 bits per heavy atom. The lowest BCUT2D eigenvalue weighted by Crippen LogP contribution is -2.54. The van der Waals surface area contributed by atoms with Crippen LogP contribution < -0.4 is 11.1 Å². The number of carbonyl (C=O) groups is 1. The molecule has 3 fully saturated rings. The molecule has 5 heteroatoms. The van der Waals surface area contributed by atoms with Crippen LogP contribution in [-0.4, -0.2) is 66.1 Å². The van der Waals surface area contributed by atoms with Crippen LogP contribution in [0.25, 0.3) is 0 Å². The highest BCUT2D eigenvalue weighted by Crippen LogP contribution is 2.35. The molecule has 1 aliphatic carbocycles. The number of rotatable bonds is 5. The second-order valence-corrected chi connectivity index (χ2v) is 7.05. The molecule has 1 saturated carbocycles. The minimum atomic E-state index is -0.453. The molecule has 0 radical (unpaired) electrons. The van der Waals surface area contributed by atoms with Crippen molar-refractivity contribution in [3.63, 3.8) is 0 Å². The van der Waals surface area contributed by atoms with E-state index in [1.807, 2.05) is 0 Å². The van der Waals surface area contributed by atoms with Gasteiger partial charge in [-0.25, -0.2) is 0 Å². The van der Waals surface area contributed by atoms with Gasteiger partial charge in [0.2, 0.25) is 5.91 Å². The van der Waals surface area contributed by atoms with Gasteiger partial charge in [0.05, 0.1) is 5.54 Å². The molecule has 3 aliphatic rings. The van der Waals surface area contributed by atoms with Crippen LogP contribution in [-0.2, 0) is 4.79 Å². The van der Waals surface area contributed by atoms with Crippen molar-refractivity contribution in [3.05, 3.63) is 0 Å². The summed E-state index contributed by atoms with van der Waals surface area (Å²) in [7, 11) is 0. The van der Waals surface area contributed by atoms with Crippen molar-refractivity contribution < 1.29 is 4.79 Å². The average molecular weight is 294 g/mol. The molecule has 0 spiro atoms. The van der Waals surface area contributed by atoms with Gasteiger partial charge in [-0.15, -0.1) is 0 Å². The number of hydrogen-bond acceptors (Lipinski definition) is 4. The second kappa shape index (κ2) is 6.23. The number of nitrogens with two attached hydrogens (primary N) is 1. The van der Waals surface area contributed by atoms with Crippen LogP contribution in [0.4, 0.5) is 0 Å². The molecular formula is C16H30N4O. The Morgan fingerprint density at radius 3 is 2.62 bits per heavy atom. The first-order valence-corrected chi connectivity index (χ1v) is 8.67. The molecule has 2 heterocycles. The maximum absolute atomic E-state index is 11.9. The minimum absolute atomic E-state index is 0.165. The molecule has 0 aromatic carbocycles. The first kappa shape index (κ1) is 15.3. The largest absolute Gasteiger partial charge is 0.368 e. The van der Waals surface area contributed by atoms with E-state index in [-0.39, 0.29) is 5.91 Å². The molecule has 3 N–H and O–H groups in total. The van der Waals surface area contributed by atoms with Crippen molar-refractivity contribution >= 4 is 5.91 Å². The fraction of sp³-hybridized carbons (Fsp3) is 0.938. The van der Waals surface area contributed by atoms with Gasteiger partial charge in [0.25, 0.3) is 0 Å². The van der Waals surface area contributed by atoms with E-state index in [4.69, 9.17) is 5.73 Å². The van der Waals surface area contributed by atoms with E-state index < -0.39 is 5.54 Å². The third-order valence-electron chi connectivity index (χ3n) is 5.84. The molecule has 0 bridgehead atoms. The Kier molecular flexibility index (Phi) is 4.52. The number of primary amides is 1. The Bertz CT molecular complexity index is 382. The van der Waals surface area contributed by atoms with E-state index >= 15 is 0 Å². The topological polar surface area (TPSA) is 61.6 Å². The van der Waals surface area contributed by atoms with Crippen molar-refractivity contribution in [2.45, 2.75) is 63.1 Å². The van der Waals surface area contributed by atoms with Crippen molar-refractivity contribution in [1.82, 2.24) is 15.1 Å². The van der Waals surface area contributed by atoms with Gasteiger partial charge >= 0.3 is 0 Å². The lowest BCUT2D eigenvalue weighted by molar-refractivity contribution is -0.124. The number of nitrogens with zero attached hydrogens (tertiary/aromatic N) is 2. The number of nitrogens with one attached hydrogen (secondary N) is 1. The van der Waals surface area contributed by atoms with E-state index in [9.17, 15) is 4.79 Å². The monoisotopic (exact) mass is 294 g/mol. The summed E-state index contributed by atoms with van der Waals surface area (Å²) in [5.74, 6) is -0.165. The summed E-state index contributed by atoms with van der Waals surface area (Å²) >= 11 is 0. The Balaban J connectivity index is 1.57. The van der Waals surface area contributed by atoms with Gasteiger partial charge in [-0.2, -0.15) is 0 Å². The first-order chi connectivity index (χ1) is 10.1. The van der Waals surface area contributed by atoms with E-state index in [1.54, 1.807) is 0 Å². The molecule has 0 aromatic rings. The average Bonchev–Trinajstić information content (AvgIpc) is 3.19. The summed E-state index contributed by atoms with van der Waals surface area (Å²) in [4.78, 5) is 17.2. The highest BCUT2D eigenvalue weighted by Gasteiger charge is 2.46. The highest BCUT2D eigenvalue weighted by atomic mass is 16.1. The number of likely N-dealkylation sites (N-methyl/N-ethyl adjacent to an activating group) is 1. The number of carbonyl (C=O) groups excluding carboxylic acids is 1. The highest BCUT2D eigenvalue weighted by molar-refractivity contribution is 5.85. The molecule has 2 saturated heterocycles. The Labute approximate surface area is 128 Å². The standard InChI is InChI=1S/C16H30N4O/c1-2-18-16(15(17)21)7-5-13(11-16)20-10-6-14(12-20)19-8-3-4-9-19/h13-14,18H,2-12H2,1H3,(H2,17,21). The normalized spacial score (nSPS) is 38.3. The van der Waals surface area contributed by atoms with Crippen LogP contribution >= 0.6 is 0 Å². The van der Waals surface area contributed by atoms with Crippen molar-refractivity contribution in [2.24, 2.45) is 5.73 Å². The molecular weight excluding hydrogens is 264 g/mol. The van der Waals surface area contributed by atoms with Gasteiger partial charge in [-0.3, -0.25) is 14.6 Å². The van der Waals surface area contributed by atoms with Crippen molar-refractivity contribution in [3.8, 4) is 0 Å². The fourth-order valence-electron chi connectivity index (χ4n) is 4.65. The molecule has 5 nitrogen and oxygen atoms in total. The van der Waals surface area contributed by atoms with Crippen LogP contribution in [0, 0.1) is 0 Å². The predicted octanol–water partition coefficient (Wildman–Crippen LogP) is 0.543. The minimum Gasteiger partial charge on any atom is -0.368 e. The Morgan fingerprint density at radius 1 is 1.19 bits per heavy atom. The molecule has 21 heavy (non-hydrogen) atoms. The summed E-state index contributed by atoms with van der Waals surface area (Å²) in [5, 5.41) is 3.37. The van der Waals surface area contributed by atoms with Gasteiger partial charge in [-0.1, -0.05) is 6.92 Å². The summed E-state index contributed by atoms with van der Waals surface area (Å²) in [6.45, 7) is 7.80. The predicted molar refractivity (Wildman–Crippen MR) is 84.0 cm³/mol. The quantitative estimate of drug-likeness (QED) is 0.777. The van der Waals surface area contributed by atoms with Crippen LogP contribution in [0.5, 0.6) is 0 Å². The van der Waals surface area contributed by atoms with E-state index in [0.717, 1.165) is 31.8 Å². The number of hydrogen-bond donors (Lipinski definition) is 2. The third kappa shape index (κ3) is 2.96. The summed E-state index contributed by atoms with van der Waals surface area (Å²) in [6.07, 6.45) is 6.91. The molecule has 3 rings (SSSR count). The number of likely N-dealkylation sites (tertiary alicyclic amines) is 2. The first-order valence-electron chi connectivity index (χ1n) is 8.67. The lowest BCUT2D eigenvalue weighted by atomic mass is 9.96. The van der Waals surface area contributed by atoms with Crippen LogP contribution in [0.1, 0.15) is 45.4 Å². The third-order valence-corrected chi connectivity index (χ3v) is 5.84. The molecule has 1 amide bonds. The molecule has 3 atom stereocenters. The van der Waals surface area contributed by atoms with E-state index in [2.05, 4.69) is 22.0 Å². The van der Waals surface area contributed by atoms with Crippen LogP contribution in [0.2, 0.25) is 0 Å². The summed E-state index contributed by atoms with van der Waals surface area (Å²) in [6, 6.07) is 1.28. The SMILES string of the molecule is CCNC1(C(N)=O)CCC(N2CCC(N3CCCC3)C2)C1. The molecule has 2 aliphatic heterocycles. The fourth-order valence-corrected chi connectivity index (χ4v) is 4.65. The van der Waals surface area contributed by atoms with Gasteiger partial charge in [-0.05, 0) is 58.2 Å². The van der Waals surface area contributed by atoms with Crippen LogP contribution in [0.3, 0.4) is 0 Å². The maximum Gasteiger partial charge on any atom is 0.237 e. The van der Waals surface area contributed by atoms with Crippen LogP contribution in [0.15, 0.2) is 0 Å². The second-order valence-electron chi connectivity index (χ2n) is 7.05. The summed E-state index contributed by atoms with van der Waals surface area (Å²) < 4.78 is 0.